The SMILES string of the molecule is O=C(CC[C@H](NC(=O)c1ccc2c(c1F)B(O)OC2)C(=O)O)c1ccc2c(c1F)B(O)OC2. The first-order chi connectivity index (χ1) is 15.7. The molecule has 0 saturated carbocycles. The molecule has 0 aliphatic carbocycles. The van der Waals surface area contributed by atoms with E-state index in [9.17, 15) is 38.3 Å². The fraction of sp³-hybridized carbons (Fsp3) is 0.250. The van der Waals surface area contributed by atoms with Crippen molar-refractivity contribution >= 4 is 42.8 Å². The van der Waals surface area contributed by atoms with E-state index in [1.165, 1.54) is 18.2 Å². The number of aliphatic carboxylic acids is 1. The molecule has 0 unspecified atom stereocenters. The van der Waals surface area contributed by atoms with E-state index in [0.29, 0.717) is 11.1 Å². The lowest BCUT2D eigenvalue weighted by atomic mass is 9.77. The van der Waals surface area contributed by atoms with Crippen LogP contribution in [0.3, 0.4) is 0 Å². The Balaban J connectivity index is 1.46. The van der Waals surface area contributed by atoms with Gasteiger partial charge in [-0.15, -0.1) is 0 Å². The molecule has 0 radical (unpaired) electrons. The van der Waals surface area contributed by atoms with Crippen LogP contribution in [-0.2, 0) is 27.3 Å². The number of nitrogens with one attached hydrogen (secondary N) is 1. The number of ketones is 1. The molecule has 2 aromatic rings. The second-order valence-corrected chi connectivity index (χ2v) is 7.65. The van der Waals surface area contributed by atoms with Gasteiger partial charge in [0.15, 0.2) is 5.78 Å². The zero-order valence-electron chi connectivity index (χ0n) is 17.0. The van der Waals surface area contributed by atoms with E-state index in [1.807, 2.05) is 0 Å². The number of Topliss-reactive ketones (excluding diaryl/α,β-unsaturated/α-hetero) is 1. The summed E-state index contributed by atoms with van der Waals surface area (Å²) in [6.45, 7) is -0.0327. The molecular weight excluding hydrogens is 442 g/mol. The second-order valence-electron chi connectivity index (χ2n) is 7.65. The molecule has 9 nitrogen and oxygen atoms in total. The van der Waals surface area contributed by atoms with Crippen LogP contribution in [0.4, 0.5) is 8.78 Å². The van der Waals surface area contributed by atoms with Crippen LogP contribution in [0.1, 0.15) is 44.7 Å². The third-order valence-corrected chi connectivity index (χ3v) is 5.64. The van der Waals surface area contributed by atoms with E-state index in [1.54, 1.807) is 0 Å². The molecule has 1 amide bonds. The first kappa shape index (κ1) is 23.1. The Morgan fingerprint density at radius 3 is 2.00 bits per heavy atom. The van der Waals surface area contributed by atoms with Crippen LogP contribution in [-0.4, -0.2) is 53.1 Å². The number of carbonyl (C=O) groups excluding carboxylic acids is 2. The van der Waals surface area contributed by atoms with E-state index in [-0.39, 0.29) is 29.7 Å². The lowest BCUT2D eigenvalue weighted by Gasteiger charge is -2.15. The fourth-order valence-electron chi connectivity index (χ4n) is 3.85. The predicted molar refractivity (Wildman–Crippen MR) is 110 cm³/mol. The van der Waals surface area contributed by atoms with Crippen molar-refractivity contribution in [3.05, 3.63) is 58.2 Å². The Morgan fingerprint density at radius 1 is 0.939 bits per heavy atom. The Labute approximate surface area is 186 Å². The van der Waals surface area contributed by atoms with Crippen LogP contribution < -0.4 is 16.2 Å². The van der Waals surface area contributed by atoms with Gasteiger partial charge in [0.25, 0.3) is 5.91 Å². The minimum Gasteiger partial charge on any atom is -0.480 e. The Hall–Kier alpha value is -3.12. The third-order valence-electron chi connectivity index (χ3n) is 5.64. The minimum absolute atomic E-state index is 0.00256. The molecule has 0 spiro atoms. The maximum Gasteiger partial charge on any atom is 0.494 e. The summed E-state index contributed by atoms with van der Waals surface area (Å²) in [5.74, 6) is -5.24. The average Bonchev–Trinajstić information content (AvgIpc) is 3.34. The van der Waals surface area contributed by atoms with Crippen molar-refractivity contribution in [3.63, 3.8) is 0 Å². The van der Waals surface area contributed by atoms with E-state index in [4.69, 9.17) is 9.31 Å². The van der Waals surface area contributed by atoms with Gasteiger partial charge in [0, 0.05) is 17.3 Å². The minimum atomic E-state index is -1.57. The van der Waals surface area contributed by atoms with Gasteiger partial charge in [-0.2, -0.15) is 0 Å². The lowest BCUT2D eigenvalue weighted by Crippen LogP contribution is -2.42. The molecule has 1 atom stereocenters. The summed E-state index contributed by atoms with van der Waals surface area (Å²) in [5, 5.41) is 31.0. The van der Waals surface area contributed by atoms with Crippen molar-refractivity contribution in [1.29, 1.82) is 0 Å². The predicted octanol–water partition coefficient (Wildman–Crippen LogP) is -0.754. The number of hydrogen-bond acceptors (Lipinski definition) is 7. The van der Waals surface area contributed by atoms with Crippen LogP contribution in [0.5, 0.6) is 0 Å². The van der Waals surface area contributed by atoms with E-state index in [0.717, 1.165) is 6.07 Å². The van der Waals surface area contributed by atoms with Crippen molar-refractivity contribution in [2.75, 3.05) is 0 Å². The number of carboxylic acids is 1. The summed E-state index contributed by atoms with van der Waals surface area (Å²) in [7, 11) is -3.03. The number of rotatable bonds is 7. The highest BCUT2D eigenvalue weighted by Gasteiger charge is 2.35. The number of carbonyl (C=O) groups is 3. The van der Waals surface area contributed by atoms with Gasteiger partial charge in [-0.1, -0.05) is 12.1 Å². The Kier molecular flexibility index (Phi) is 6.30. The van der Waals surface area contributed by atoms with Gasteiger partial charge in [0.05, 0.1) is 24.3 Å². The molecule has 2 heterocycles. The molecule has 2 aliphatic rings. The van der Waals surface area contributed by atoms with Gasteiger partial charge >= 0.3 is 20.2 Å². The highest BCUT2D eigenvalue weighted by molar-refractivity contribution is 6.62. The second kappa shape index (κ2) is 9.02. The number of carboxylic acid groups (broad SMARTS) is 1. The van der Waals surface area contributed by atoms with Crippen LogP contribution >= 0.6 is 0 Å². The van der Waals surface area contributed by atoms with Crippen molar-refractivity contribution in [2.24, 2.45) is 0 Å². The normalized spacial score (nSPS) is 15.3. The first-order valence-corrected chi connectivity index (χ1v) is 9.97. The number of fused-ring (bicyclic) bond motifs is 2. The smallest absolute Gasteiger partial charge is 0.480 e. The number of amides is 1. The van der Waals surface area contributed by atoms with Crippen LogP contribution in [0, 0.1) is 11.6 Å². The molecule has 13 heteroatoms. The monoisotopic (exact) mass is 459 g/mol. The summed E-state index contributed by atoms with van der Waals surface area (Å²) in [4.78, 5) is 36.6. The molecule has 2 aromatic carbocycles. The average molecular weight is 459 g/mol. The van der Waals surface area contributed by atoms with Gasteiger partial charge in [-0.25, -0.2) is 13.6 Å². The van der Waals surface area contributed by atoms with Crippen molar-refractivity contribution in [1.82, 2.24) is 5.32 Å². The van der Waals surface area contributed by atoms with Crippen molar-refractivity contribution in [3.8, 4) is 0 Å². The highest BCUT2D eigenvalue weighted by Crippen LogP contribution is 2.19. The summed E-state index contributed by atoms with van der Waals surface area (Å²) < 4.78 is 39.2. The maximum atomic E-state index is 14.7. The van der Waals surface area contributed by atoms with E-state index >= 15 is 0 Å². The zero-order valence-corrected chi connectivity index (χ0v) is 17.0. The third kappa shape index (κ3) is 4.27. The molecular formula is C20H17B2F2NO8. The van der Waals surface area contributed by atoms with Crippen molar-refractivity contribution < 1.29 is 47.6 Å². The summed E-state index contributed by atoms with van der Waals surface area (Å²) >= 11 is 0. The van der Waals surface area contributed by atoms with Crippen LogP contribution in [0.15, 0.2) is 24.3 Å². The van der Waals surface area contributed by atoms with Gasteiger partial charge in [0.2, 0.25) is 0 Å². The number of hydrogen-bond donors (Lipinski definition) is 4. The van der Waals surface area contributed by atoms with Crippen molar-refractivity contribution in [2.45, 2.75) is 32.1 Å². The topological polar surface area (TPSA) is 142 Å². The molecule has 4 rings (SSSR count). The molecule has 0 saturated heterocycles. The first-order valence-electron chi connectivity index (χ1n) is 9.97. The van der Waals surface area contributed by atoms with Crippen LogP contribution in [0.2, 0.25) is 0 Å². The molecule has 170 valence electrons. The number of halogens is 2. The molecule has 4 N–H and O–H groups in total. The summed E-state index contributed by atoms with van der Waals surface area (Å²) in [6, 6.07) is 3.62. The van der Waals surface area contributed by atoms with E-state index in [2.05, 4.69) is 5.32 Å². The van der Waals surface area contributed by atoms with Gasteiger partial charge in [-0.05, 0) is 29.7 Å². The largest absolute Gasteiger partial charge is 0.494 e. The molecule has 0 fully saturated rings. The standard InChI is InChI=1S/C20H17B2F2NO8/c23-17-11(3-1-9-7-32-21(30)15(9)17)14(26)6-5-13(20(28)29)25-19(27)12-4-2-10-8-33-22(31)16(10)18(12)24/h1-4,13,30-31H,5-8H2,(H,25,27)(H,28,29)/t13-/m0/s1. The zero-order chi connectivity index (χ0) is 23.9. The molecule has 2 aliphatic heterocycles. The fourth-order valence-corrected chi connectivity index (χ4v) is 3.85. The number of benzene rings is 2. The highest BCUT2D eigenvalue weighted by atomic mass is 19.1. The van der Waals surface area contributed by atoms with Gasteiger partial charge in [0.1, 0.15) is 17.7 Å². The summed E-state index contributed by atoms with van der Waals surface area (Å²) in [5.41, 5.74) is -0.393. The molecule has 33 heavy (non-hydrogen) atoms. The molecule has 0 bridgehead atoms. The Morgan fingerprint density at radius 2 is 1.45 bits per heavy atom. The maximum absolute atomic E-state index is 14.7. The van der Waals surface area contributed by atoms with E-state index < -0.39 is 68.0 Å². The summed E-state index contributed by atoms with van der Waals surface area (Å²) in [6.07, 6.45) is -0.836. The van der Waals surface area contributed by atoms with Gasteiger partial charge < -0.3 is 29.8 Å². The Bertz CT molecular complexity index is 1160. The van der Waals surface area contributed by atoms with Gasteiger partial charge in [-0.3, -0.25) is 9.59 Å². The van der Waals surface area contributed by atoms with Crippen LogP contribution in [0.25, 0.3) is 0 Å². The lowest BCUT2D eigenvalue weighted by molar-refractivity contribution is -0.139. The molecule has 0 aromatic heterocycles. The quantitative estimate of drug-likeness (QED) is 0.313.